The van der Waals surface area contributed by atoms with E-state index in [1.807, 2.05) is 48.5 Å². The van der Waals surface area contributed by atoms with Gasteiger partial charge >= 0.3 is 0 Å². The van der Waals surface area contributed by atoms with Crippen LogP contribution in [0.3, 0.4) is 0 Å². The maximum atomic E-state index is 13.0. The summed E-state index contributed by atoms with van der Waals surface area (Å²) in [6.07, 6.45) is 2.56. The van der Waals surface area contributed by atoms with E-state index in [1.54, 1.807) is 18.0 Å². The van der Waals surface area contributed by atoms with Crippen molar-refractivity contribution < 1.29 is 23.9 Å². The lowest BCUT2D eigenvalue weighted by atomic mass is 10.0. The fourth-order valence-corrected chi connectivity index (χ4v) is 4.80. The molecule has 10 heteroatoms. The molecule has 4 bridgehead atoms. The first kappa shape index (κ1) is 25.5. The van der Waals surface area contributed by atoms with Gasteiger partial charge < -0.3 is 24.6 Å². The molecule has 1 saturated heterocycles. The summed E-state index contributed by atoms with van der Waals surface area (Å²) in [5, 5.41) is 9.58. The normalized spacial score (nSPS) is 21.0. The third kappa shape index (κ3) is 6.20. The number of piperidine rings is 1. The number of hydrogen-bond donors (Lipinski definition) is 2. The van der Waals surface area contributed by atoms with E-state index in [-0.39, 0.29) is 43.3 Å². The average Bonchev–Trinajstić information content (AvgIpc) is 3.45. The van der Waals surface area contributed by atoms with E-state index in [9.17, 15) is 14.4 Å². The van der Waals surface area contributed by atoms with Gasteiger partial charge in [0.15, 0.2) is 0 Å². The van der Waals surface area contributed by atoms with Crippen molar-refractivity contribution in [3.8, 4) is 11.5 Å². The minimum atomic E-state index is -0.440. The largest absolute Gasteiger partial charge is 0.457 e. The molecule has 1 fully saturated rings. The number of benzene rings is 2. The van der Waals surface area contributed by atoms with Crippen LogP contribution in [0.1, 0.15) is 34.5 Å². The molecule has 3 heterocycles. The summed E-state index contributed by atoms with van der Waals surface area (Å²) < 4.78 is 12.4. The Kier molecular flexibility index (Phi) is 7.69. The van der Waals surface area contributed by atoms with Crippen LogP contribution in [0.5, 0.6) is 11.5 Å². The summed E-state index contributed by atoms with van der Waals surface area (Å²) in [5.74, 6) is 0.762. The van der Waals surface area contributed by atoms with Crippen LogP contribution in [0.4, 0.5) is 0 Å². The SMILES string of the molecule is CN1CC(=O)N[C@H]2CN(C(=O)c3ccn[nH]3)CC[C@H]2OCc2cccc(c2)Oc2cccc(c2)CCC1=O. The van der Waals surface area contributed by atoms with E-state index in [1.165, 1.54) is 11.1 Å². The standard InChI is InChI=1S/C28H31N5O5/c1-32-17-26(34)30-24-16-33(28(36)23-10-12-29-31-23)13-11-25(24)37-18-20-5-3-7-22(15-20)38-21-6-2-4-19(14-21)8-9-27(32)35/h2-7,10,12,14-15,24-25H,8-9,11,13,16-18H2,1H3,(H,29,31)(H,30,34)/t24-,25+/m0/s1. The number of rotatable bonds is 1. The molecule has 3 aromatic rings. The topological polar surface area (TPSA) is 117 Å². The molecule has 1 aromatic heterocycles. The van der Waals surface area contributed by atoms with Gasteiger partial charge in [0.1, 0.15) is 17.2 Å². The molecule has 3 amide bonds. The number of fused-ring (bicyclic) bond motifs is 5. The first-order valence-electron chi connectivity index (χ1n) is 12.7. The first-order chi connectivity index (χ1) is 18.4. The molecule has 2 N–H and O–H groups in total. The zero-order valence-corrected chi connectivity index (χ0v) is 21.3. The molecule has 0 saturated carbocycles. The van der Waals surface area contributed by atoms with Crippen LogP contribution >= 0.6 is 0 Å². The van der Waals surface area contributed by atoms with Crippen LogP contribution in [0.25, 0.3) is 0 Å². The lowest BCUT2D eigenvalue weighted by Gasteiger charge is -2.38. The Labute approximate surface area is 220 Å². The van der Waals surface area contributed by atoms with Crippen molar-refractivity contribution >= 4 is 17.7 Å². The second-order valence-electron chi connectivity index (χ2n) is 9.68. The molecular weight excluding hydrogens is 486 g/mol. The zero-order valence-electron chi connectivity index (χ0n) is 21.3. The van der Waals surface area contributed by atoms with Gasteiger partial charge in [0.25, 0.3) is 5.91 Å². The van der Waals surface area contributed by atoms with Gasteiger partial charge in [-0.3, -0.25) is 19.5 Å². The van der Waals surface area contributed by atoms with E-state index in [0.29, 0.717) is 43.2 Å². The Hall–Kier alpha value is -4.18. The first-order valence-corrected chi connectivity index (χ1v) is 12.7. The number of carbonyl (C=O) groups is 3. The number of likely N-dealkylation sites (tertiary alicyclic amines) is 1. The molecule has 5 rings (SSSR count). The minimum Gasteiger partial charge on any atom is -0.457 e. The van der Waals surface area contributed by atoms with E-state index in [0.717, 1.165) is 11.1 Å². The number of amides is 3. The van der Waals surface area contributed by atoms with Crippen LogP contribution in [0, 0.1) is 0 Å². The number of likely N-dealkylation sites (N-methyl/N-ethyl adjacent to an activating group) is 1. The van der Waals surface area contributed by atoms with E-state index in [4.69, 9.17) is 9.47 Å². The fourth-order valence-electron chi connectivity index (χ4n) is 4.80. The van der Waals surface area contributed by atoms with Crippen molar-refractivity contribution in [1.29, 1.82) is 0 Å². The smallest absolute Gasteiger partial charge is 0.271 e. The second kappa shape index (κ2) is 11.5. The van der Waals surface area contributed by atoms with Crippen LogP contribution in [-0.4, -0.2) is 76.5 Å². The van der Waals surface area contributed by atoms with Gasteiger partial charge in [0.05, 0.1) is 25.3 Å². The molecule has 38 heavy (non-hydrogen) atoms. The highest BCUT2D eigenvalue weighted by atomic mass is 16.5. The average molecular weight is 518 g/mol. The van der Waals surface area contributed by atoms with Crippen molar-refractivity contribution in [2.24, 2.45) is 0 Å². The molecule has 0 spiro atoms. The summed E-state index contributed by atoms with van der Waals surface area (Å²) in [5.41, 5.74) is 2.30. The monoisotopic (exact) mass is 517 g/mol. The van der Waals surface area contributed by atoms with Gasteiger partial charge in [0.2, 0.25) is 11.8 Å². The van der Waals surface area contributed by atoms with Gasteiger partial charge in [-0.1, -0.05) is 24.3 Å². The number of nitrogens with zero attached hydrogens (tertiary/aromatic N) is 3. The van der Waals surface area contributed by atoms with Crippen molar-refractivity contribution in [3.05, 3.63) is 77.6 Å². The van der Waals surface area contributed by atoms with Crippen LogP contribution in [0.2, 0.25) is 0 Å². The van der Waals surface area contributed by atoms with Crippen LogP contribution in [-0.2, 0) is 27.4 Å². The van der Waals surface area contributed by atoms with Gasteiger partial charge in [-0.05, 0) is 54.3 Å². The Bertz CT molecular complexity index is 1290. The van der Waals surface area contributed by atoms with Crippen LogP contribution < -0.4 is 10.1 Å². The molecule has 0 radical (unpaired) electrons. The predicted octanol–water partition coefficient (Wildman–Crippen LogP) is 2.52. The van der Waals surface area contributed by atoms with Crippen molar-refractivity contribution in [1.82, 2.24) is 25.3 Å². The number of hydrogen-bond acceptors (Lipinski definition) is 6. The number of ether oxygens (including phenoxy) is 2. The maximum Gasteiger partial charge on any atom is 0.271 e. The Morgan fingerprint density at radius 1 is 1.03 bits per heavy atom. The van der Waals surface area contributed by atoms with Crippen molar-refractivity contribution in [2.75, 3.05) is 26.7 Å². The molecule has 2 aliphatic rings. The number of aryl methyl sites for hydroxylation is 1. The van der Waals surface area contributed by atoms with E-state index >= 15 is 0 Å². The van der Waals surface area contributed by atoms with Gasteiger partial charge in [-0.25, -0.2) is 0 Å². The molecule has 198 valence electrons. The third-order valence-corrected chi connectivity index (χ3v) is 6.84. The quantitative estimate of drug-likeness (QED) is 0.512. The molecule has 10 nitrogen and oxygen atoms in total. The Balaban J connectivity index is 1.37. The van der Waals surface area contributed by atoms with Crippen molar-refractivity contribution in [2.45, 2.75) is 38.0 Å². The fraction of sp³-hybridized carbons (Fsp3) is 0.357. The summed E-state index contributed by atoms with van der Waals surface area (Å²) in [7, 11) is 1.62. The van der Waals surface area contributed by atoms with Crippen LogP contribution in [0.15, 0.2) is 60.8 Å². The summed E-state index contributed by atoms with van der Waals surface area (Å²) in [6, 6.07) is 16.5. The highest BCUT2D eigenvalue weighted by Crippen LogP contribution is 2.25. The lowest BCUT2D eigenvalue weighted by molar-refractivity contribution is -0.135. The molecule has 2 atom stereocenters. The number of nitrogens with one attached hydrogen (secondary N) is 2. The zero-order chi connectivity index (χ0) is 26.5. The Morgan fingerprint density at radius 2 is 1.79 bits per heavy atom. The molecular formula is C28H31N5O5. The third-order valence-electron chi connectivity index (χ3n) is 6.84. The minimum absolute atomic E-state index is 0.0816. The summed E-state index contributed by atoms with van der Waals surface area (Å²) in [6.45, 7) is 0.999. The molecule has 2 aromatic carbocycles. The van der Waals surface area contributed by atoms with Crippen molar-refractivity contribution in [3.63, 3.8) is 0 Å². The molecule has 2 aliphatic heterocycles. The van der Waals surface area contributed by atoms with Gasteiger partial charge in [-0.15, -0.1) is 0 Å². The van der Waals surface area contributed by atoms with Gasteiger partial charge in [-0.2, -0.15) is 5.10 Å². The lowest BCUT2D eigenvalue weighted by Crippen LogP contribution is -2.58. The number of H-pyrrole nitrogens is 1. The number of carbonyl (C=O) groups excluding carboxylic acids is 3. The van der Waals surface area contributed by atoms with Gasteiger partial charge in [0, 0.05) is 32.8 Å². The summed E-state index contributed by atoms with van der Waals surface area (Å²) >= 11 is 0. The second-order valence-corrected chi connectivity index (χ2v) is 9.68. The summed E-state index contributed by atoms with van der Waals surface area (Å²) in [4.78, 5) is 41.8. The Morgan fingerprint density at radius 3 is 2.55 bits per heavy atom. The number of aromatic amines is 1. The van der Waals surface area contributed by atoms with E-state index < -0.39 is 6.04 Å². The number of aromatic nitrogens is 2. The maximum absolute atomic E-state index is 13.0. The molecule has 0 unspecified atom stereocenters. The highest BCUT2D eigenvalue weighted by Gasteiger charge is 2.34. The predicted molar refractivity (Wildman–Crippen MR) is 139 cm³/mol. The van der Waals surface area contributed by atoms with E-state index in [2.05, 4.69) is 15.5 Å². The molecule has 0 aliphatic carbocycles. The highest BCUT2D eigenvalue weighted by molar-refractivity contribution is 5.92.